The summed E-state index contributed by atoms with van der Waals surface area (Å²) in [5.41, 5.74) is 1.02. The Morgan fingerprint density at radius 3 is 2.42 bits per heavy atom. The van der Waals surface area contributed by atoms with E-state index >= 15 is 0 Å². The molecule has 2 amide bonds. The van der Waals surface area contributed by atoms with Crippen LogP contribution in [0.1, 0.15) is 30.6 Å². The number of benzene rings is 2. The van der Waals surface area contributed by atoms with Gasteiger partial charge in [-0.3, -0.25) is 9.59 Å². The Hall–Kier alpha value is -2.27. The van der Waals surface area contributed by atoms with Gasteiger partial charge in [-0.1, -0.05) is 37.3 Å². The fourth-order valence-electron chi connectivity index (χ4n) is 2.11. The lowest BCUT2D eigenvalue weighted by Crippen LogP contribution is -2.27. The molecule has 2 aromatic carbocycles. The zero-order valence-electron chi connectivity index (χ0n) is 13.9. The van der Waals surface area contributed by atoms with Crippen LogP contribution in [0, 0.1) is 0 Å². The maximum absolute atomic E-state index is 12.4. The topological polar surface area (TPSA) is 58.2 Å². The average molecular weight is 342 g/mol. The number of carbonyl (C=O) groups excluding carboxylic acids is 2. The SMILES string of the molecule is CCCNC(=O)c1ccccc1NC(=O)[C@H](C)Sc1ccccc1. The number of thioether (sulfide) groups is 1. The van der Waals surface area contributed by atoms with Gasteiger partial charge in [-0.25, -0.2) is 0 Å². The lowest BCUT2D eigenvalue weighted by molar-refractivity contribution is -0.115. The molecule has 0 aliphatic rings. The quantitative estimate of drug-likeness (QED) is 0.749. The molecule has 0 heterocycles. The molecule has 2 rings (SSSR count). The Balaban J connectivity index is 2.04. The third kappa shape index (κ3) is 5.13. The van der Waals surface area contributed by atoms with Crippen molar-refractivity contribution in [2.45, 2.75) is 30.4 Å². The highest BCUT2D eigenvalue weighted by molar-refractivity contribution is 8.00. The molecule has 24 heavy (non-hydrogen) atoms. The van der Waals surface area contributed by atoms with Crippen molar-refractivity contribution in [3.63, 3.8) is 0 Å². The lowest BCUT2D eigenvalue weighted by Gasteiger charge is -2.14. The van der Waals surface area contributed by atoms with Crippen molar-refractivity contribution in [2.24, 2.45) is 0 Å². The van der Waals surface area contributed by atoms with E-state index in [2.05, 4.69) is 10.6 Å². The van der Waals surface area contributed by atoms with Crippen molar-refractivity contribution in [1.82, 2.24) is 5.32 Å². The van der Waals surface area contributed by atoms with Gasteiger partial charge in [-0.15, -0.1) is 11.8 Å². The van der Waals surface area contributed by atoms with Crippen molar-refractivity contribution < 1.29 is 9.59 Å². The van der Waals surface area contributed by atoms with Gasteiger partial charge in [0.25, 0.3) is 5.91 Å². The Morgan fingerprint density at radius 1 is 1.04 bits per heavy atom. The van der Waals surface area contributed by atoms with Gasteiger partial charge in [-0.2, -0.15) is 0 Å². The average Bonchev–Trinajstić information content (AvgIpc) is 2.61. The Kier molecular flexibility index (Phi) is 6.88. The summed E-state index contributed by atoms with van der Waals surface area (Å²) in [6.07, 6.45) is 0.866. The van der Waals surface area contributed by atoms with Crippen LogP contribution in [0.15, 0.2) is 59.5 Å². The molecule has 2 aromatic rings. The summed E-state index contributed by atoms with van der Waals surface area (Å²) in [5, 5.41) is 5.44. The van der Waals surface area contributed by atoms with Crippen LogP contribution < -0.4 is 10.6 Å². The van der Waals surface area contributed by atoms with Gasteiger partial charge in [0.1, 0.15) is 0 Å². The van der Waals surface area contributed by atoms with E-state index in [4.69, 9.17) is 0 Å². The van der Waals surface area contributed by atoms with E-state index < -0.39 is 0 Å². The lowest BCUT2D eigenvalue weighted by atomic mass is 10.1. The van der Waals surface area contributed by atoms with Crippen LogP contribution in [0.3, 0.4) is 0 Å². The molecule has 0 radical (unpaired) electrons. The van der Waals surface area contributed by atoms with E-state index in [1.807, 2.05) is 44.2 Å². The normalized spacial score (nSPS) is 11.6. The number of amides is 2. The Labute approximate surface area is 147 Å². The number of hydrogen-bond donors (Lipinski definition) is 2. The maximum Gasteiger partial charge on any atom is 0.253 e. The molecule has 4 nitrogen and oxygen atoms in total. The highest BCUT2D eigenvalue weighted by Crippen LogP contribution is 2.24. The molecule has 0 saturated heterocycles. The van der Waals surface area contributed by atoms with Gasteiger partial charge in [0.15, 0.2) is 0 Å². The van der Waals surface area contributed by atoms with E-state index in [-0.39, 0.29) is 17.1 Å². The van der Waals surface area contributed by atoms with Crippen LogP contribution in [0.25, 0.3) is 0 Å². The molecule has 126 valence electrons. The first-order valence-electron chi connectivity index (χ1n) is 8.01. The van der Waals surface area contributed by atoms with E-state index in [9.17, 15) is 9.59 Å². The second-order valence-corrected chi connectivity index (χ2v) is 6.78. The molecule has 0 aromatic heterocycles. The van der Waals surface area contributed by atoms with Crippen LogP contribution >= 0.6 is 11.8 Å². The summed E-state index contributed by atoms with van der Waals surface area (Å²) in [5.74, 6) is -0.296. The molecule has 0 aliphatic carbocycles. The summed E-state index contributed by atoms with van der Waals surface area (Å²) in [6.45, 7) is 4.46. The standard InChI is InChI=1S/C19H22N2O2S/c1-3-13-20-19(23)16-11-7-8-12-17(16)21-18(22)14(2)24-15-9-5-4-6-10-15/h4-12,14H,3,13H2,1-2H3,(H,20,23)(H,21,22)/t14-/m0/s1. The van der Waals surface area contributed by atoms with Gasteiger partial charge >= 0.3 is 0 Å². The van der Waals surface area contributed by atoms with Crippen LogP contribution in [0.5, 0.6) is 0 Å². The number of anilines is 1. The molecule has 0 fully saturated rings. The summed E-state index contributed by atoms with van der Waals surface area (Å²) in [6, 6.07) is 16.8. The number of para-hydroxylation sites is 1. The minimum atomic E-state index is -0.265. The minimum absolute atomic E-state index is 0.125. The predicted octanol–water partition coefficient (Wildman–Crippen LogP) is 3.95. The van der Waals surface area contributed by atoms with Crippen LogP contribution in [0.4, 0.5) is 5.69 Å². The minimum Gasteiger partial charge on any atom is -0.352 e. The first kappa shape index (κ1) is 18.1. The summed E-state index contributed by atoms with van der Waals surface area (Å²) in [4.78, 5) is 25.7. The summed E-state index contributed by atoms with van der Waals surface area (Å²) in [7, 11) is 0. The largest absolute Gasteiger partial charge is 0.352 e. The molecule has 0 aliphatic heterocycles. The second-order valence-electron chi connectivity index (χ2n) is 5.36. The summed E-state index contributed by atoms with van der Waals surface area (Å²) < 4.78 is 0. The van der Waals surface area contributed by atoms with Crippen molar-refractivity contribution >= 4 is 29.3 Å². The van der Waals surface area contributed by atoms with Crippen molar-refractivity contribution in [1.29, 1.82) is 0 Å². The molecule has 2 N–H and O–H groups in total. The first-order valence-corrected chi connectivity index (χ1v) is 8.89. The highest BCUT2D eigenvalue weighted by atomic mass is 32.2. The number of hydrogen-bond acceptors (Lipinski definition) is 3. The van der Waals surface area contributed by atoms with Gasteiger partial charge in [0.05, 0.1) is 16.5 Å². The van der Waals surface area contributed by atoms with Crippen molar-refractivity contribution in [3.8, 4) is 0 Å². The third-order valence-electron chi connectivity index (χ3n) is 3.39. The second kappa shape index (κ2) is 9.13. The van der Waals surface area contributed by atoms with E-state index in [1.54, 1.807) is 24.3 Å². The Morgan fingerprint density at radius 2 is 1.71 bits per heavy atom. The smallest absolute Gasteiger partial charge is 0.253 e. The molecule has 1 atom stereocenters. The van der Waals surface area contributed by atoms with E-state index in [0.29, 0.717) is 17.8 Å². The first-order chi connectivity index (χ1) is 11.6. The monoisotopic (exact) mass is 342 g/mol. The van der Waals surface area contributed by atoms with Gasteiger partial charge in [-0.05, 0) is 37.6 Å². The zero-order chi connectivity index (χ0) is 17.4. The van der Waals surface area contributed by atoms with Crippen LogP contribution in [-0.4, -0.2) is 23.6 Å². The summed E-state index contributed by atoms with van der Waals surface area (Å²) >= 11 is 1.49. The molecular formula is C19H22N2O2S. The molecule has 0 saturated carbocycles. The fourth-order valence-corrected chi connectivity index (χ4v) is 3.00. The molecular weight excluding hydrogens is 320 g/mol. The molecule has 5 heteroatoms. The van der Waals surface area contributed by atoms with Gasteiger partial charge in [0.2, 0.25) is 5.91 Å². The van der Waals surface area contributed by atoms with Crippen molar-refractivity contribution in [3.05, 3.63) is 60.2 Å². The van der Waals surface area contributed by atoms with Crippen LogP contribution in [-0.2, 0) is 4.79 Å². The zero-order valence-corrected chi connectivity index (χ0v) is 14.7. The van der Waals surface area contributed by atoms with Gasteiger partial charge in [0, 0.05) is 11.4 Å². The molecule has 0 unspecified atom stereocenters. The molecule has 0 bridgehead atoms. The predicted molar refractivity (Wildman–Crippen MR) is 99.5 cm³/mol. The fraction of sp³-hybridized carbons (Fsp3) is 0.263. The number of nitrogens with one attached hydrogen (secondary N) is 2. The maximum atomic E-state index is 12.4. The third-order valence-corrected chi connectivity index (χ3v) is 4.50. The van der Waals surface area contributed by atoms with Crippen molar-refractivity contribution in [2.75, 3.05) is 11.9 Å². The van der Waals surface area contributed by atoms with E-state index in [1.165, 1.54) is 11.8 Å². The molecule has 0 spiro atoms. The van der Waals surface area contributed by atoms with Crippen LogP contribution in [0.2, 0.25) is 0 Å². The van der Waals surface area contributed by atoms with Gasteiger partial charge < -0.3 is 10.6 Å². The Bertz CT molecular complexity index is 689. The number of rotatable bonds is 7. The highest BCUT2D eigenvalue weighted by Gasteiger charge is 2.17. The number of carbonyl (C=O) groups is 2. The van der Waals surface area contributed by atoms with E-state index in [0.717, 1.165) is 11.3 Å².